The van der Waals surface area contributed by atoms with E-state index in [0.29, 0.717) is 24.4 Å². The third-order valence-corrected chi connectivity index (χ3v) is 3.32. The number of ether oxygens (including phenoxy) is 1. The first kappa shape index (κ1) is 14.9. The molecule has 0 aromatic heterocycles. The van der Waals surface area contributed by atoms with E-state index in [1.54, 1.807) is 30.1 Å². The fraction of sp³-hybridized carbons (Fsp3) is 0.235. The van der Waals surface area contributed by atoms with Crippen LogP contribution in [-0.2, 0) is 0 Å². The van der Waals surface area contributed by atoms with Gasteiger partial charge in [0.25, 0.3) is 5.91 Å². The van der Waals surface area contributed by atoms with Gasteiger partial charge in [-0.2, -0.15) is 0 Å². The Morgan fingerprint density at radius 1 is 1.14 bits per heavy atom. The molecule has 0 aliphatic carbocycles. The van der Waals surface area contributed by atoms with Gasteiger partial charge in [-0.3, -0.25) is 4.79 Å². The number of amides is 1. The molecule has 0 fully saturated rings. The second kappa shape index (κ2) is 6.79. The molecule has 4 nitrogen and oxygen atoms in total. The van der Waals surface area contributed by atoms with E-state index in [4.69, 9.17) is 10.5 Å². The zero-order chi connectivity index (χ0) is 15.2. The first-order valence-electron chi connectivity index (χ1n) is 6.88. The van der Waals surface area contributed by atoms with Crippen molar-refractivity contribution < 1.29 is 9.53 Å². The Bertz CT molecular complexity index is 626. The molecule has 0 bridgehead atoms. The molecule has 0 saturated carbocycles. The zero-order valence-corrected chi connectivity index (χ0v) is 12.4. The number of likely N-dealkylation sites (N-methyl/N-ethyl adjacent to an activating group) is 1. The Balaban J connectivity index is 1.90. The van der Waals surface area contributed by atoms with Gasteiger partial charge >= 0.3 is 0 Å². The first-order valence-corrected chi connectivity index (χ1v) is 6.88. The fourth-order valence-corrected chi connectivity index (χ4v) is 2.01. The average molecular weight is 284 g/mol. The summed E-state index contributed by atoms with van der Waals surface area (Å²) in [4.78, 5) is 13.9. The molecule has 4 heteroatoms. The Morgan fingerprint density at radius 3 is 2.52 bits per heavy atom. The SMILES string of the molecule is Cc1ccccc1OCCN(C)C(=O)c1ccccc1N. The number of hydrogen-bond acceptors (Lipinski definition) is 3. The lowest BCUT2D eigenvalue weighted by atomic mass is 10.1. The maximum absolute atomic E-state index is 12.3. The van der Waals surface area contributed by atoms with Crippen LogP contribution in [-0.4, -0.2) is 31.0 Å². The van der Waals surface area contributed by atoms with Gasteiger partial charge in [0.2, 0.25) is 0 Å². The van der Waals surface area contributed by atoms with Crippen molar-refractivity contribution in [3.8, 4) is 5.75 Å². The van der Waals surface area contributed by atoms with Crippen LogP contribution < -0.4 is 10.5 Å². The number of aryl methyl sites for hydroxylation is 1. The number of nitrogens with two attached hydrogens (primary N) is 1. The molecule has 2 N–H and O–H groups in total. The molecule has 110 valence electrons. The largest absolute Gasteiger partial charge is 0.491 e. The summed E-state index contributed by atoms with van der Waals surface area (Å²) >= 11 is 0. The van der Waals surface area contributed by atoms with E-state index < -0.39 is 0 Å². The van der Waals surface area contributed by atoms with Crippen molar-refractivity contribution in [2.45, 2.75) is 6.92 Å². The van der Waals surface area contributed by atoms with Crippen molar-refractivity contribution in [2.75, 3.05) is 25.9 Å². The van der Waals surface area contributed by atoms with Crippen LogP contribution in [0.5, 0.6) is 5.75 Å². The van der Waals surface area contributed by atoms with Gasteiger partial charge in [-0.05, 0) is 30.7 Å². The van der Waals surface area contributed by atoms with Crippen LogP contribution >= 0.6 is 0 Å². The van der Waals surface area contributed by atoms with Crippen LogP contribution in [0.1, 0.15) is 15.9 Å². The number of nitrogen functional groups attached to an aromatic ring is 1. The van der Waals surface area contributed by atoms with Gasteiger partial charge in [-0.1, -0.05) is 30.3 Å². The normalized spacial score (nSPS) is 10.2. The van der Waals surface area contributed by atoms with Gasteiger partial charge in [0.05, 0.1) is 12.1 Å². The molecule has 0 aliphatic heterocycles. The minimum Gasteiger partial charge on any atom is -0.491 e. The molecule has 0 unspecified atom stereocenters. The van der Waals surface area contributed by atoms with Crippen molar-refractivity contribution in [1.82, 2.24) is 4.90 Å². The number of rotatable bonds is 5. The number of hydrogen-bond donors (Lipinski definition) is 1. The number of benzene rings is 2. The fourth-order valence-electron chi connectivity index (χ4n) is 2.01. The van der Waals surface area contributed by atoms with Crippen LogP contribution in [0.15, 0.2) is 48.5 Å². The molecule has 0 aliphatic rings. The maximum Gasteiger partial charge on any atom is 0.255 e. The van der Waals surface area contributed by atoms with Gasteiger partial charge in [0.15, 0.2) is 0 Å². The third-order valence-electron chi connectivity index (χ3n) is 3.32. The smallest absolute Gasteiger partial charge is 0.255 e. The topological polar surface area (TPSA) is 55.6 Å². The van der Waals surface area contributed by atoms with E-state index in [1.165, 1.54) is 0 Å². The first-order chi connectivity index (χ1) is 10.1. The van der Waals surface area contributed by atoms with Gasteiger partial charge < -0.3 is 15.4 Å². The predicted molar refractivity (Wildman–Crippen MR) is 84.5 cm³/mol. The molecule has 0 atom stereocenters. The van der Waals surface area contributed by atoms with Crippen molar-refractivity contribution in [3.05, 3.63) is 59.7 Å². The Labute approximate surface area is 125 Å². The number of carbonyl (C=O) groups excluding carboxylic acids is 1. The van der Waals surface area contributed by atoms with E-state index in [2.05, 4.69) is 0 Å². The van der Waals surface area contributed by atoms with Gasteiger partial charge in [0.1, 0.15) is 12.4 Å². The summed E-state index contributed by atoms with van der Waals surface area (Å²) in [6, 6.07) is 14.9. The van der Waals surface area contributed by atoms with Crippen molar-refractivity contribution >= 4 is 11.6 Å². The summed E-state index contributed by atoms with van der Waals surface area (Å²) in [6.45, 7) is 2.94. The van der Waals surface area contributed by atoms with Gasteiger partial charge in [-0.25, -0.2) is 0 Å². The highest BCUT2D eigenvalue weighted by Crippen LogP contribution is 2.16. The van der Waals surface area contributed by atoms with E-state index in [9.17, 15) is 4.79 Å². The molecule has 1 amide bonds. The second-order valence-corrected chi connectivity index (χ2v) is 4.93. The van der Waals surface area contributed by atoms with Gasteiger partial charge in [-0.15, -0.1) is 0 Å². The summed E-state index contributed by atoms with van der Waals surface area (Å²) in [6.07, 6.45) is 0. The van der Waals surface area contributed by atoms with Crippen LogP contribution in [0.4, 0.5) is 5.69 Å². The monoisotopic (exact) mass is 284 g/mol. The predicted octanol–water partition coefficient (Wildman–Crippen LogP) is 2.73. The summed E-state index contributed by atoms with van der Waals surface area (Å²) in [5.41, 5.74) is 7.92. The van der Waals surface area contributed by atoms with Crippen LogP contribution in [0, 0.1) is 6.92 Å². The summed E-state index contributed by atoms with van der Waals surface area (Å²) < 4.78 is 5.70. The average Bonchev–Trinajstić information content (AvgIpc) is 2.49. The number of para-hydroxylation sites is 2. The maximum atomic E-state index is 12.3. The lowest BCUT2D eigenvalue weighted by Gasteiger charge is -2.18. The number of carbonyl (C=O) groups is 1. The molecule has 0 saturated heterocycles. The van der Waals surface area contributed by atoms with Crippen LogP contribution in [0.3, 0.4) is 0 Å². The van der Waals surface area contributed by atoms with Crippen LogP contribution in [0.25, 0.3) is 0 Å². The van der Waals surface area contributed by atoms with Crippen molar-refractivity contribution in [2.24, 2.45) is 0 Å². The molecule has 0 radical (unpaired) electrons. The number of anilines is 1. The third kappa shape index (κ3) is 3.75. The molecule has 2 aromatic carbocycles. The Hall–Kier alpha value is -2.49. The second-order valence-electron chi connectivity index (χ2n) is 4.93. The lowest BCUT2D eigenvalue weighted by molar-refractivity contribution is 0.0774. The van der Waals surface area contributed by atoms with Crippen molar-refractivity contribution in [1.29, 1.82) is 0 Å². The minimum absolute atomic E-state index is 0.0958. The Morgan fingerprint density at radius 2 is 1.81 bits per heavy atom. The quantitative estimate of drug-likeness (QED) is 0.859. The van der Waals surface area contributed by atoms with E-state index in [1.807, 2.05) is 37.3 Å². The Kier molecular flexibility index (Phi) is 4.82. The number of nitrogens with zero attached hydrogens (tertiary/aromatic N) is 1. The summed E-state index contributed by atoms with van der Waals surface area (Å²) in [5.74, 6) is 0.749. The summed E-state index contributed by atoms with van der Waals surface area (Å²) in [7, 11) is 1.75. The van der Waals surface area contributed by atoms with E-state index in [-0.39, 0.29) is 5.91 Å². The highest BCUT2D eigenvalue weighted by atomic mass is 16.5. The van der Waals surface area contributed by atoms with Crippen LogP contribution in [0.2, 0.25) is 0 Å². The molecule has 2 rings (SSSR count). The minimum atomic E-state index is -0.0958. The zero-order valence-electron chi connectivity index (χ0n) is 12.4. The van der Waals surface area contributed by atoms with Crippen molar-refractivity contribution in [3.63, 3.8) is 0 Å². The molecule has 0 spiro atoms. The lowest BCUT2D eigenvalue weighted by Crippen LogP contribution is -2.31. The van der Waals surface area contributed by atoms with E-state index >= 15 is 0 Å². The molecular weight excluding hydrogens is 264 g/mol. The molecule has 2 aromatic rings. The standard InChI is InChI=1S/C17H20N2O2/c1-13-7-3-6-10-16(13)21-12-11-19(2)17(20)14-8-4-5-9-15(14)18/h3-10H,11-12,18H2,1-2H3. The summed E-state index contributed by atoms with van der Waals surface area (Å²) in [5, 5.41) is 0. The van der Waals surface area contributed by atoms with Gasteiger partial charge in [0, 0.05) is 12.7 Å². The molecule has 21 heavy (non-hydrogen) atoms. The molecule has 0 heterocycles. The highest BCUT2D eigenvalue weighted by Gasteiger charge is 2.13. The molecular formula is C17H20N2O2. The highest BCUT2D eigenvalue weighted by molar-refractivity contribution is 5.98. The van der Waals surface area contributed by atoms with E-state index in [0.717, 1.165) is 11.3 Å².